The summed E-state index contributed by atoms with van der Waals surface area (Å²) in [5.41, 5.74) is 0. The first-order chi connectivity index (χ1) is 2.27. The van der Waals surface area contributed by atoms with Crippen LogP contribution in [0.4, 0.5) is 9.18 Å². The van der Waals surface area contributed by atoms with Crippen LogP contribution in [0, 0.1) is 0 Å². The van der Waals surface area contributed by atoms with Crippen LogP contribution in [0.3, 0.4) is 0 Å². The van der Waals surface area contributed by atoms with Crippen molar-refractivity contribution in [1.29, 1.82) is 0 Å². The van der Waals surface area contributed by atoms with Crippen molar-refractivity contribution in [2.75, 3.05) is 0 Å². The average molecular weight is 79.0 g/mol. The maximum absolute atomic E-state index is 10.4. The number of halogens is 1. The molecule has 0 fully saturated rings. The standard InChI is InChI=1S/CH2FNO2/c2-1(4)5-3/h3H2. The molecular weight excluding hydrogens is 77.0 g/mol. The van der Waals surface area contributed by atoms with E-state index in [4.69, 9.17) is 4.79 Å². The molecule has 0 aliphatic rings. The third-order valence-electron chi connectivity index (χ3n) is 0.0927. The van der Waals surface area contributed by atoms with Crippen molar-refractivity contribution in [1.82, 2.24) is 0 Å². The molecule has 0 aliphatic carbocycles. The Labute approximate surface area is 27.5 Å². The minimum absolute atomic E-state index is 1.97. The first-order valence-electron chi connectivity index (χ1n) is 0.833. The molecular formula is CH2FNO2. The van der Waals surface area contributed by atoms with Crippen molar-refractivity contribution >= 4 is 6.22 Å². The van der Waals surface area contributed by atoms with Crippen molar-refractivity contribution in [3.8, 4) is 0 Å². The fourth-order valence-electron chi connectivity index (χ4n) is 0. The molecule has 3 nitrogen and oxygen atoms in total. The zero-order valence-electron chi connectivity index (χ0n) is 2.27. The normalized spacial score (nSPS) is 6.80. The summed E-state index contributed by atoms with van der Waals surface area (Å²) in [5, 5.41) is 0. The van der Waals surface area contributed by atoms with Gasteiger partial charge in [-0.3, -0.25) is 0 Å². The van der Waals surface area contributed by atoms with Gasteiger partial charge in [-0.1, -0.05) is 0 Å². The lowest BCUT2D eigenvalue weighted by Crippen LogP contribution is -2.00. The molecule has 2 N–H and O–H groups in total. The molecule has 0 aromatic heterocycles. The van der Waals surface area contributed by atoms with E-state index in [0.717, 1.165) is 0 Å². The SMILES string of the molecule is NOC(=O)F. The Hall–Kier alpha value is -0.640. The molecule has 5 heavy (non-hydrogen) atoms. The van der Waals surface area contributed by atoms with E-state index >= 15 is 0 Å². The Morgan fingerprint density at radius 1 is 2.00 bits per heavy atom. The van der Waals surface area contributed by atoms with Crippen LogP contribution in [0.5, 0.6) is 0 Å². The first kappa shape index (κ1) is 4.36. The van der Waals surface area contributed by atoms with Gasteiger partial charge in [0.15, 0.2) is 0 Å². The molecule has 0 radical (unpaired) electrons. The van der Waals surface area contributed by atoms with E-state index in [0.29, 0.717) is 0 Å². The number of hydrogen-bond acceptors (Lipinski definition) is 3. The van der Waals surface area contributed by atoms with Gasteiger partial charge < -0.3 is 4.84 Å². The topological polar surface area (TPSA) is 52.3 Å². The molecule has 0 saturated carbocycles. The molecule has 0 unspecified atom stereocenters. The van der Waals surface area contributed by atoms with Crippen molar-refractivity contribution in [3.63, 3.8) is 0 Å². The molecule has 0 atom stereocenters. The van der Waals surface area contributed by atoms with Gasteiger partial charge in [0.25, 0.3) is 0 Å². The summed E-state index contributed by atoms with van der Waals surface area (Å²) in [6, 6.07) is 0. The second-order valence-electron chi connectivity index (χ2n) is 0.355. The van der Waals surface area contributed by atoms with Crippen LogP contribution in [0.2, 0.25) is 0 Å². The Bertz CT molecular complexity index is 44.9. The van der Waals surface area contributed by atoms with E-state index in [1.165, 1.54) is 0 Å². The number of nitrogens with two attached hydrogens (primary N) is 1. The lowest BCUT2D eigenvalue weighted by molar-refractivity contribution is 0.122. The molecule has 0 amide bonds. The minimum atomic E-state index is -1.97. The number of carbonyl (C=O) groups excluding carboxylic acids is 1. The molecule has 0 spiro atoms. The summed E-state index contributed by atoms with van der Waals surface area (Å²) in [6.07, 6.45) is -1.97. The highest BCUT2D eigenvalue weighted by molar-refractivity contribution is 5.57. The second-order valence-corrected chi connectivity index (χ2v) is 0.355. The van der Waals surface area contributed by atoms with Crippen molar-refractivity contribution in [3.05, 3.63) is 0 Å². The third kappa shape index (κ3) is 3.36. The zero-order valence-corrected chi connectivity index (χ0v) is 2.27. The maximum Gasteiger partial charge on any atom is 0.514 e. The monoisotopic (exact) mass is 79.0 g/mol. The smallest absolute Gasteiger partial charge is 0.347 e. The Balaban J connectivity index is 2.85. The summed E-state index contributed by atoms with van der Waals surface area (Å²) in [5.74, 6) is 3.95. The van der Waals surface area contributed by atoms with Gasteiger partial charge in [-0.2, -0.15) is 5.90 Å². The molecule has 0 saturated heterocycles. The van der Waals surface area contributed by atoms with E-state index < -0.39 is 6.22 Å². The van der Waals surface area contributed by atoms with Gasteiger partial charge in [0.05, 0.1) is 0 Å². The van der Waals surface area contributed by atoms with Gasteiger partial charge in [0, 0.05) is 0 Å². The van der Waals surface area contributed by atoms with Crippen molar-refractivity contribution in [2.45, 2.75) is 0 Å². The van der Waals surface area contributed by atoms with E-state index in [-0.39, 0.29) is 0 Å². The van der Waals surface area contributed by atoms with Crippen molar-refractivity contribution in [2.24, 2.45) is 5.90 Å². The summed E-state index contributed by atoms with van der Waals surface area (Å²) >= 11 is 0. The van der Waals surface area contributed by atoms with Crippen LogP contribution >= 0.6 is 0 Å². The quantitative estimate of drug-likeness (QED) is 0.327. The average Bonchev–Trinajstić information content (AvgIpc) is 1.38. The second kappa shape index (κ2) is 1.66. The van der Waals surface area contributed by atoms with Crippen LogP contribution in [0.15, 0.2) is 0 Å². The molecule has 0 heterocycles. The van der Waals surface area contributed by atoms with E-state index in [1.807, 2.05) is 0 Å². The first-order valence-corrected chi connectivity index (χ1v) is 0.833. The molecule has 0 aliphatic heterocycles. The number of rotatable bonds is 0. The molecule has 0 bridgehead atoms. The number of carbonyl (C=O) groups is 1. The van der Waals surface area contributed by atoms with Gasteiger partial charge in [-0.25, -0.2) is 4.79 Å². The lowest BCUT2D eigenvalue weighted by Gasteiger charge is -1.74. The number of hydrogen-bond donors (Lipinski definition) is 1. The fourth-order valence-corrected chi connectivity index (χ4v) is 0. The van der Waals surface area contributed by atoms with E-state index in [9.17, 15) is 4.39 Å². The van der Waals surface area contributed by atoms with Gasteiger partial charge in [-0.15, -0.1) is 4.39 Å². The highest BCUT2D eigenvalue weighted by Gasteiger charge is 1.85. The Morgan fingerprint density at radius 3 is 2.20 bits per heavy atom. The Morgan fingerprint density at radius 2 is 2.20 bits per heavy atom. The predicted molar refractivity (Wildman–Crippen MR) is 11.8 cm³/mol. The summed E-state index contributed by atoms with van der Waals surface area (Å²) < 4.78 is 10.4. The summed E-state index contributed by atoms with van der Waals surface area (Å²) in [6.45, 7) is 0. The summed E-state index contributed by atoms with van der Waals surface area (Å²) in [7, 11) is 0. The Kier molecular flexibility index (Phi) is 1.45. The van der Waals surface area contributed by atoms with Gasteiger partial charge >= 0.3 is 6.22 Å². The highest BCUT2D eigenvalue weighted by atomic mass is 19.1. The van der Waals surface area contributed by atoms with E-state index in [1.54, 1.807) is 0 Å². The van der Waals surface area contributed by atoms with Gasteiger partial charge in [-0.05, 0) is 0 Å². The van der Waals surface area contributed by atoms with Gasteiger partial charge in [0.1, 0.15) is 0 Å². The van der Waals surface area contributed by atoms with Crippen LogP contribution < -0.4 is 5.90 Å². The van der Waals surface area contributed by atoms with Crippen LogP contribution in [-0.4, -0.2) is 6.22 Å². The third-order valence-corrected chi connectivity index (χ3v) is 0.0927. The predicted octanol–water partition coefficient (Wildman–Crippen LogP) is -0.0338. The summed E-state index contributed by atoms with van der Waals surface area (Å²) in [4.78, 5) is 11.7. The van der Waals surface area contributed by atoms with Crippen LogP contribution in [0.1, 0.15) is 0 Å². The largest absolute Gasteiger partial charge is 0.514 e. The molecule has 0 aromatic carbocycles. The zero-order chi connectivity index (χ0) is 4.28. The molecule has 4 heteroatoms. The molecule has 0 rings (SSSR count). The highest BCUT2D eigenvalue weighted by Crippen LogP contribution is 1.67. The maximum atomic E-state index is 10.4. The van der Waals surface area contributed by atoms with Crippen molar-refractivity contribution < 1.29 is 14.0 Å². The van der Waals surface area contributed by atoms with Gasteiger partial charge in [0.2, 0.25) is 0 Å². The molecule has 0 aromatic rings. The van der Waals surface area contributed by atoms with Crippen LogP contribution in [0.25, 0.3) is 0 Å². The van der Waals surface area contributed by atoms with Crippen LogP contribution in [-0.2, 0) is 4.84 Å². The van der Waals surface area contributed by atoms with E-state index in [2.05, 4.69) is 10.7 Å². The lowest BCUT2D eigenvalue weighted by atomic mass is 11.5. The molecule has 30 valence electrons. The fraction of sp³-hybridized carbons (Fsp3) is 0. The minimum Gasteiger partial charge on any atom is -0.347 e.